The van der Waals surface area contributed by atoms with Crippen LogP contribution in [-0.4, -0.2) is 60.5 Å². The molecular formula is C42H24N12S3. The lowest BCUT2D eigenvalue weighted by Gasteiger charge is -2.05. The second-order valence-corrected chi connectivity index (χ2v) is 15.3. The van der Waals surface area contributed by atoms with Gasteiger partial charge in [0.15, 0.2) is 15.0 Å². The molecule has 0 aliphatic carbocycles. The van der Waals surface area contributed by atoms with Gasteiger partial charge in [-0.3, -0.25) is 15.0 Å². The Hall–Kier alpha value is -7.20. The Morgan fingerprint density at radius 1 is 0.263 bits per heavy atom. The molecule has 9 heterocycles. The summed E-state index contributed by atoms with van der Waals surface area (Å²) in [5.41, 5.74) is 9.27. The number of benzene rings is 1. The number of hydrogen-bond acceptors (Lipinski definition) is 15. The van der Waals surface area contributed by atoms with E-state index in [0.717, 1.165) is 50.9 Å². The molecule has 9 aromatic heterocycles. The van der Waals surface area contributed by atoms with Crippen molar-refractivity contribution in [3.05, 3.63) is 146 Å². The predicted molar refractivity (Wildman–Crippen MR) is 223 cm³/mol. The van der Waals surface area contributed by atoms with Crippen molar-refractivity contribution in [2.24, 2.45) is 0 Å². The lowest BCUT2D eigenvalue weighted by atomic mass is 10.1. The largest absolute Gasteiger partial charge is 0.255 e. The van der Waals surface area contributed by atoms with Crippen LogP contribution in [0.25, 0.3) is 98.0 Å². The van der Waals surface area contributed by atoms with Crippen LogP contribution in [0.1, 0.15) is 0 Å². The van der Waals surface area contributed by atoms with E-state index in [-0.39, 0.29) is 0 Å². The van der Waals surface area contributed by atoms with E-state index in [0.29, 0.717) is 47.1 Å². The first-order valence-electron chi connectivity index (χ1n) is 17.5. The van der Waals surface area contributed by atoms with Crippen molar-refractivity contribution >= 4 is 34.0 Å². The van der Waals surface area contributed by atoms with Gasteiger partial charge in [0.1, 0.15) is 32.1 Å². The zero-order valence-corrected chi connectivity index (χ0v) is 31.9. The van der Waals surface area contributed by atoms with Crippen LogP contribution in [0.2, 0.25) is 0 Å². The zero-order valence-electron chi connectivity index (χ0n) is 29.4. The minimum Gasteiger partial charge on any atom is -0.255 e. The highest BCUT2D eigenvalue weighted by Crippen LogP contribution is 2.39. The Kier molecular flexibility index (Phi) is 9.11. The Morgan fingerprint density at radius 3 is 0.842 bits per heavy atom. The smallest absolute Gasteiger partial charge is 0.166 e. The van der Waals surface area contributed by atoms with Gasteiger partial charge in [0.25, 0.3) is 0 Å². The summed E-state index contributed by atoms with van der Waals surface area (Å²) in [6.45, 7) is 0. The average Bonchev–Trinajstić information content (AvgIpc) is 4.10. The molecule has 0 amide bonds. The molecular weight excluding hydrogens is 769 g/mol. The van der Waals surface area contributed by atoms with E-state index in [1.807, 2.05) is 127 Å². The summed E-state index contributed by atoms with van der Waals surface area (Å²) >= 11 is 4.36. The fourth-order valence-corrected chi connectivity index (χ4v) is 8.36. The Labute approximate surface area is 336 Å². The topological polar surface area (TPSA) is 155 Å². The maximum absolute atomic E-state index is 4.86. The highest BCUT2D eigenvalue weighted by molar-refractivity contribution is 7.18. The molecule has 0 unspecified atom stereocenters. The van der Waals surface area contributed by atoms with Gasteiger partial charge in [-0.15, -0.1) is 30.6 Å². The molecule has 0 atom stereocenters. The first-order valence-corrected chi connectivity index (χ1v) is 20.0. The van der Waals surface area contributed by atoms with Crippen molar-refractivity contribution in [2.75, 3.05) is 0 Å². The third-order valence-corrected chi connectivity index (χ3v) is 11.6. The zero-order chi connectivity index (χ0) is 38.0. The summed E-state index contributed by atoms with van der Waals surface area (Å²) in [6, 6.07) is 40.9. The summed E-state index contributed by atoms with van der Waals surface area (Å²) in [5.74, 6) is 0. The molecule has 0 aliphatic rings. The second-order valence-electron chi connectivity index (χ2n) is 12.4. The maximum Gasteiger partial charge on any atom is 0.166 e. The summed E-state index contributed by atoms with van der Waals surface area (Å²) < 4.78 is 0. The number of pyridine rings is 6. The van der Waals surface area contributed by atoms with E-state index < -0.39 is 0 Å². The van der Waals surface area contributed by atoms with Gasteiger partial charge >= 0.3 is 0 Å². The summed E-state index contributed by atoms with van der Waals surface area (Å²) in [6.07, 6.45) is 5.26. The summed E-state index contributed by atoms with van der Waals surface area (Å²) in [7, 11) is 0. The standard InChI is InChI=1S/C42H24N12S3/c1-4-19-43-28(10-1)31-13-7-16-34(46-31)40-52-49-37(55-40)25-22-26(38-50-53-41(56-38)35-17-8-14-32(47-35)29-11-2-5-20-44-29)24-27(23-25)39-51-54-42(57-39)36-18-9-15-33(48-36)30-12-3-6-21-45-30/h1-24H. The molecule has 10 aromatic rings. The predicted octanol–water partition coefficient (Wildman–Crippen LogP) is 9.61. The minimum atomic E-state index is 0.684. The van der Waals surface area contributed by atoms with Crippen molar-refractivity contribution in [1.29, 1.82) is 0 Å². The van der Waals surface area contributed by atoms with Gasteiger partial charge in [0, 0.05) is 35.3 Å². The minimum absolute atomic E-state index is 0.684. The summed E-state index contributed by atoms with van der Waals surface area (Å²) in [5, 5.41) is 31.8. The molecule has 57 heavy (non-hydrogen) atoms. The van der Waals surface area contributed by atoms with Crippen LogP contribution in [0.15, 0.2) is 146 Å². The third-order valence-electron chi connectivity index (χ3n) is 8.64. The van der Waals surface area contributed by atoms with Crippen LogP contribution in [-0.2, 0) is 0 Å². The fourth-order valence-electron chi connectivity index (χ4n) is 5.96. The molecule has 0 spiro atoms. The van der Waals surface area contributed by atoms with Crippen LogP contribution >= 0.6 is 34.0 Å². The molecule has 12 nitrogen and oxygen atoms in total. The molecule has 0 radical (unpaired) electrons. The normalized spacial score (nSPS) is 11.2. The highest BCUT2D eigenvalue weighted by atomic mass is 32.1. The van der Waals surface area contributed by atoms with Gasteiger partial charge in [-0.25, -0.2) is 15.0 Å². The van der Waals surface area contributed by atoms with E-state index >= 15 is 0 Å². The van der Waals surface area contributed by atoms with E-state index in [1.165, 1.54) is 34.0 Å². The molecule has 15 heteroatoms. The molecule has 0 bridgehead atoms. The third kappa shape index (κ3) is 7.20. The van der Waals surface area contributed by atoms with Gasteiger partial charge in [-0.2, -0.15) is 0 Å². The lowest BCUT2D eigenvalue weighted by molar-refractivity contribution is 1.08. The van der Waals surface area contributed by atoms with Gasteiger partial charge in [-0.05, 0) is 91.0 Å². The lowest BCUT2D eigenvalue weighted by Crippen LogP contribution is -1.89. The van der Waals surface area contributed by atoms with Gasteiger partial charge < -0.3 is 0 Å². The molecule has 1 aromatic carbocycles. The van der Waals surface area contributed by atoms with Crippen molar-refractivity contribution in [2.45, 2.75) is 0 Å². The van der Waals surface area contributed by atoms with Gasteiger partial charge in [0.2, 0.25) is 0 Å². The van der Waals surface area contributed by atoms with Gasteiger partial charge in [-0.1, -0.05) is 70.4 Å². The average molecular weight is 793 g/mol. The van der Waals surface area contributed by atoms with Crippen LogP contribution in [0.5, 0.6) is 0 Å². The fraction of sp³-hybridized carbons (Fsp3) is 0. The van der Waals surface area contributed by atoms with Crippen LogP contribution in [0.4, 0.5) is 0 Å². The number of hydrogen-bond donors (Lipinski definition) is 0. The molecule has 0 N–H and O–H groups in total. The SMILES string of the molecule is c1ccc(-c2cccc(-c3nnc(-c4cc(-c5nnc(-c6cccc(-c7ccccn7)n6)s5)cc(-c5nnc(-c6cccc(-c7ccccn7)n6)s5)c4)s3)n2)nc1. The molecule has 0 saturated heterocycles. The molecule has 270 valence electrons. The molecule has 0 fully saturated rings. The number of rotatable bonds is 9. The second kappa shape index (κ2) is 15.1. The van der Waals surface area contributed by atoms with Crippen LogP contribution in [0.3, 0.4) is 0 Å². The number of aromatic nitrogens is 12. The van der Waals surface area contributed by atoms with E-state index in [1.54, 1.807) is 18.6 Å². The Morgan fingerprint density at radius 2 is 0.544 bits per heavy atom. The van der Waals surface area contributed by atoms with E-state index in [2.05, 4.69) is 45.5 Å². The molecule has 0 aliphatic heterocycles. The highest BCUT2D eigenvalue weighted by Gasteiger charge is 2.19. The van der Waals surface area contributed by atoms with Gasteiger partial charge in [0.05, 0.1) is 34.2 Å². The van der Waals surface area contributed by atoms with Crippen molar-refractivity contribution in [1.82, 2.24) is 60.5 Å². The number of nitrogens with zero attached hydrogens (tertiary/aromatic N) is 12. The van der Waals surface area contributed by atoms with Crippen LogP contribution < -0.4 is 0 Å². The Balaban J connectivity index is 1.03. The van der Waals surface area contributed by atoms with Crippen molar-refractivity contribution in [3.8, 4) is 98.0 Å². The maximum atomic E-state index is 4.86. The van der Waals surface area contributed by atoms with Crippen LogP contribution in [0, 0.1) is 0 Å². The molecule has 10 rings (SSSR count). The monoisotopic (exact) mass is 792 g/mol. The first-order chi connectivity index (χ1) is 28.2. The summed E-state index contributed by atoms with van der Waals surface area (Å²) in [4.78, 5) is 28.0. The van der Waals surface area contributed by atoms with E-state index in [4.69, 9.17) is 15.0 Å². The van der Waals surface area contributed by atoms with E-state index in [9.17, 15) is 0 Å². The Bertz CT molecular complexity index is 2650. The first kappa shape index (κ1) is 34.3. The quantitative estimate of drug-likeness (QED) is 0.137. The van der Waals surface area contributed by atoms with Crippen molar-refractivity contribution in [3.63, 3.8) is 0 Å². The molecule has 0 saturated carbocycles. The van der Waals surface area contributed by atoms with Crippen molar-refractivity contribution < 1.29 is 0 Å².